The summed E-state index contributed by atoms with van der Waals surface area (Å²) in [4.78, 5) is 2.16. The molecule has 0 fully saturated rings. The highest BCUT2D eigenvalue weighted by atomic mass is 32.1. The Bertz CT molecular complexity index is 631. The highest BCUT2D eigenvalue weighted by Gasteiger charge is 2.13. The van der Waals surface area contributed by atoms with Gasteiger partial charge in [0.05, 0.1) is 5.69 Å². The van der Waals surface area contributed by atoms with Crippen molar-refractivity contribution in [1.29, 1.82) is 0 Å². The highest BCUT2D eigenvalue weighted by molar-refractivity contribution is 7.80. The van der Waals surface area contributed by atoms with Gasteiger partial charge in [0, 0.05) is 12.6 Å². The molecule has 5 heteroatoms. The van der Waals surface area contributed by atoms with Gasteiger partial charge in [-0.3, -0.25) is 0 Å². The van der Waals surface area contributed by atoms with Crippen LogP contribution in [0.4, 0.5) is 10.1 Å². The van der Waals surface area contributed by atoms with E-state index in [9.17, 15) is 4.39 Å². The molecular weight excluding hydrogens is 309 g/mol. The summed E-state index contributed by atoms with van der Waals surface area (Å²) in [6.45, 7) is 0.683. The Morgan fingerprint density at radius 2 is 1.74 bits per heavy atom. The first-order valence-corrected chi connectivity index (χ1v) is 7.97. The van der Waals surface area contributed by atoms with Crippen molar-refractivity contribution in [2.75, 3.05) is 26.0 Å². The Balaban J connectivity index is 1.88. The predicted octanol–water partition coefficient (Wildman–Crippen LogP) is 3.29. The number of halogens is 1. The molecule has 0 saturated heterocycles. The summed E-state index contributed by atoms with van der Waals surface area (Å²) in [7, 11) is 4.09. The molecule has 23 heavy (non-hydrogen) atoms. The number of thiocarbonyl (C=S) groups is 1. The van der Waals surface area contributed by atoms with Crippen LogP contribution >= 0.6 is 12.2 Å². The van der Waals surface area contributed by atoms with E-state index in [1.165, 1.54) is 11.6 Å². The smallest absolute Gasteiger partial charge is 0.170 e. The van der Waals surface area contributed by atoms with Crippen LogP contribution in [0.3, 0.4) is 0 Å². The van der Waals surface area contributed by atoms with Gasteiger partial charge in [0.25, 0.3) is 0 Å². The van der Waals surface area contributed by atoms with Crippen LogP contribution in [-0.2, 0) is 6.42 Å². The molecule has 0 radical (unpaired) electrons. The maximum absolute atomic E-state index is 13.6. The number of hydrogen-bond acceptors (Lipinski definition) is 2. The van der Waals surface area contributed by atoms with E-state index < -0.39 is 0 Å². The molecule has 2 N–H and O–H groups in total. The zero-order valence-electron chi connectivity index (χ0n) is 13.4. The fourth-order valence-corrected chi connectivity index (χ4v) is 2.46. The minimum absolute atomic E-state index is 0.290. The second-order valence-electron chi connectivity index (χ2n) is 5.62. The zero-order chi connectivity index (χ0) is 16.7. The lowest BCUT2D eigenvalue weighted by atomic mass is 10.1. The topological polar surface area (TPSA) is 27.3 Å². The zero-order valence-corrected chi connectivity index (χ0v) is 14.2. The molecule has 0 bridgehead atoms. The molecule has 0 saturated carbocycles. The number of rotatable bonds is 6. The molecule has 0 aliphatic carbocycles. The average molecular weight is 331 g/mol. The molecular formula is C18H22FN3S. The van der Waals surface area contributed by atoms with Crippen molar-refractivity contribution >= 4 is 23.0 Å². The van der Waals surface area contributed by atoms with Crippen LogP contribution in [0.15, 0.2) is 54.6 Å². The van der Waals surface area contributed by atoms with Crippen molar-refractivity contribution in [3.05, 3.63) is 66.0 Å². The summed E-state index contributed by atoms with van der Waals surface area (Å²) in [6.07, 6.45) is 0.920. The molecule has 2 aromatic carbocycles. The van der Waals surface area contributed by atoms with E-state index in [0.29, 0.717) is 17.3 Å². The van der Waals surface area contributed by atoms with Crippen LogP contribution < -0.4 is 10.6 Å². The number of nitrogens with zero attached hydrogens (tertiary/aromatic N) is 1. The first-order chi connectivity index (χ1) is 11.1. The third-order valence-electron chi connectivity index (χ3n) is 3.66. The average Bonchev–Trinajstić information content (AvgIpc) is 2.54. The van der Waals surface area contributed by atoms with Gasteiger partial charge >= 0.3 is 0 Å². The lowest BCUT2D eigenvalue weighted by Crippen LogP contribution is -2.43. The van der Waals surface area contributed by atoms with Crippen molar-refractivity contribution in [2.24, 2.45) is 0 Å². The minimum atomic E-state index is -0.315. The number of anilines is 1. The van der Waals surface area contributed by atoms with Crippen LogP contribution in [0.25, 0.3) is 0 Å². The lowest BCUT2D eigenvalue weighted by molar-refractivity contribution is 0.291. The molecule has 2 aromatic rings. The van der Waals surface area contributed by atoms with Gasteiger partial charge in [0.2, 0.25) is 0 Å². The highest BCUT2D eigenvalue weighted by Crippen LogP contribution is 2.12. The van der Waals surface area contributed by atoms with Crippen molar-refractivity contribution in [1.82, 2.24) is 10.2 Å². The van der Waals surface area contributed by atoms with E-state index in [2.05, 4.69) is 27.7 Å². The molecule has 0 amide bonds. The summed E-state index contributed by atoms with van der Waals surface area (Å²) >= 11 is 5.26. The van der Waals surface area contributed by atoms with Gasteiger partial charge in [-0.15, -0.1) is 0 Å². The monoisotopic (exact) mass is 331 g/mol. The molecule has 0 heterocycles. The van der Waals surface area contributed by atoms with Crippen molar-refractivity contribution < 1.29 is 4.39 Å². The van der Waals surface area contributed by atoms with E-state index in [1.54, 1.807) is 18.2 Å². The third-order valence-corrected chi connectivity index (χ3v) is 3.91. The summed E-state index contributed by atoms with van der Waals surface area (Å²) in [5.74, 6) is -0.315. The maximum atomic E-state index is 13.6. The van der Waals surface area contributed by atoms with Crippen LogP contribution in [0.5, 0.6) is 0 Å². The van der Waals surface area contributed by atoms with Crippen molar-refractivity contribution in [3.63, 3.8) is 0 Å². The maximum Gasteiger partial charge on any atom is 0.170 e. The number of nitrogens with one attached hydrogen (secondary N) is 2. The Labute approximate surface area is 142 Å². The van der Waals surface area contributed by atoms with Gasteiger partial charge in [-0.2, -0.15) is 0 Å². The summed E-state index contributed by atoms with van der Waals surface area (Å²) < 4.78 is 13.6. The summed E-state index contributed by atoms with van der Waals surface area (Å²) in [5, 5.41) is 6.49. The quantitative estimate of drug-likeness (QED) is 0.795. The Morgan fingerprint density at radius 3 is 2.39 bits per heavy atom. The van der Waals surface area contributed by atoms with Crippen LogP contribution in [-0.4, -0.2) is 36.7 Å². The molecule has 0 aromatic heterocycles. The summed E-state index contributed by atoms with van der Waals surface area (Å²) in [5.41, 5.74) is 1.66. The van der Waals surface area contributed by atoms with Gasteiger partial charge in [-0.05, 0) is 50.4 Å². The Hall–Kier alpha value is -1.98. The molecule has 122 valence electrons. The molecule has 0 aliphatic heterocycles. The minimum Gasteiger partial charge on any atom is -0.361 e. The molecule has 0 aliphatic rings. The van der Waals surface area contributed by atoms with Gasteiger partial charge in [-0.1, -0.05) is 42.5 Å². The predicted molar refractivity (Wildman–Crippen MR) is 98.2 cm³/mol. The first-order valence-electron chi connectivity index (χ1n) is 7.56. The SMILES string of the molecule is CN(C)[C@@H](CNC(=S)Nc1ccccc1F)Cc1ccccc1. The second-order valence-corrected chi connectivity index (χ2v) is 6.03. The van der Waals surface area contributed by atoms with E-state index in [4.69, 9.17) is 12.2 Å². The molecule has 0 spiro atoms. The van der Waals surface area contributed by atoms with E-state index in [-0.39, 0.29) is 11.9 Å². The molecule has 1 atom stereocenters. The van der Waals surface area contributed by atoms with Gasteiger partial charge in [0.15, 0.2) is 5.11 Å². The van der Waals surface area contributed by atoms with Crippen molar-refractivity contribution in [3.8, 4) is 0 Å². The number of para-hydroxylation sites is 1. The van der Waals surface area contributed by atoms with Gasteiger partial charge in [-0.25, -0.2) is 4.39 Å². The number of benzene rings is 2. The second kappa shape index (κ2) is 8.60. The fraction of sp³-hybridized carbons (Fsp3) is 0.278. The number of likely N-dealkylation sites (N-methyl/N-ethyl adjacent to an activating group) is 1. The molecule has 0 unspecified atom stereocenters. The van der Waals surface area contributed by atoms with Gasteiger partial charge < -0.3 is 15.5 Å². The molecule has 3 nitrogen and oxygen atoms in total. The molecule has 2 rings (SSSR count). The van der Waals surface area contributed by atoms with E-state index in [0.717, 1.165) is 6.42 Å². The number of hydrogen-bond donors (Lipinski definition) is 2. The van der Waals surface area contributed by atoms with Gasteiger partial charge in [0.1, 0.15) is 5.82 Å². The van der Waals surface area contributed by atoms with Crippen LogP contribution in [0.1, 0.15) is 5.56 Å². The Kier molecular flexibility index (Phi) is 6.50. The van der Waals surface area contributed by atoms with Crippen molar-refractivity contribution in [2.45, 2.75) is 12.5 Å². The normalized spacial score (nSPS) is 12.0. The van der Waals surface area contributed by atoms with E-state index >= 15 is 0 Å². The van der Waals surface area contributed by atoms with E-state index in [1.807, 2.05) is 32.3 Å². The Morgan fingerprint density at radius 1 is 1.09 bits per heavy atom. The van der Waals surface area contributed by atoms with Crippen LogP contribution in [0, 0.1) is 5.82 Å². The summed E-state index contributed by atoms with van der Waals surface area (Å²) in [6, 6.07) is 17.1. The first kappa shape index (κ1) is 17.4. The third kappa shape index (κ3) is 5.62. The largest absolute Gasteiger partial charge is 0.361 e. The lowest BCUT2D eigenvalue weighted by Gasteiger charge is -2.25. The standard InChI is InChI=1S/C18H22FN3S/c1-22(2)15(12-14-8-4-3-5-9-14)13-20-18(23)21-17-11-7-6-10-16(17)19/h3-11,15H,12-13H2,1-2H3,(H2,20,21,23)/t15-/m1/s1. The van der Waals surface area contributed by atoms with Crippen LogP contribution in [0.2, 0.25) is 0 Å². The fourth-order valence-electron chi connectivity index (χ4n) is 2.26.